The summed E-state index contributed by atoms with van der Waals surface area (Å²) in [6.45, 7) is 5.37. The van der Waals surface area contributed by atoms with E-state index >= 15 is 0 Å². The molecule has 2 aromatic carbocycles. The molecule has 0 bridgehead atoms. The van der Waals surface area contributed by atoms with E-state index in [9.17, 15) is 9.65 Å². The van der Waals surface area contributed by atoms with Crippen LogP contribution in [-0.2, 0) is 13.0 Å². The second-order valence-corrected chi connectivity index (χ2v) is 9.42. The van der Waals surface area contributed by atoms with E-state index in [1.807, 2.05) is 0 Å². The molecule has 0 aliphatic carbocycles. The van der Waals surface area contributed by atoms with Crippen LogP contribution >= 0.6 is 0 Å². The quantitative estimate of drug-likeness (QED) is 0.411. The molecule has 36 heavy (non-hydrogen) atoms. The van der Waals surface area contributed by atoms with Crippen molar-refractivity contribution < 1.29 is 9.13 Å². The molecule has 8 heteroatoms. The molecule has 1 atom stereocenters. The molecule has 0 amide bonds. The van der Waals surface area contributed by atoms with Gasteiger partial charge in [-0.15, -0.1) is 0 Å². The number of ether oxygens (including phenoxy) is 1. The molecule has 1 saturated heterocycles. The lowest BCUT2D eigenvalue weighted by Crippen LogP contribution is -2.23. The molecule has 4 heterocycles. The number of aromatic nitrogens is 3. The van der Waals surface area contributed by atoms with Crippen LogP contribution in [0.3, 0.4) is 0 Å². The largest absolute Gasteiger partial charge is 0.493 e. The van der Waals surface area contributed by atoms with E-state index < -0.39 is 0 Å². The highest BCUT2D eigenvalue weighted by atomic mass is 19.1. The number of halogens is 1. The molecule has 1 unspecified atom stereocenters. The average molecular weight is 483 g/mol. The first-order valence-electron chi connectivity index (χ1n) is 12.4. The standard InChI is InChI=1S/C28H27FN6O/c1-18(34-11-2-3-12-34)19-4-6-20(7-5-19)23-15-31-28(35-17-21(14-30)33-27(23)35)32-16-24-22-10-13-36-26(22)9-8-25(24)29/h4-9,15,17-18H,2-3,10-13,16H2,1H3,(H,31,32). The average Bonchev–Trinajstić information content (AvgIpc) is 3.68. The fraction of sp³-hybridized carbons (Fsp3) is 0.321. The first kappa shape index (κ1) is 22.5. The van der Waals surface area contributed by atoms with Crippen molar-refractivity contribution in [2.75, 3.05) is 25.0 Å². The maximum absolute atomic E-state index is 14.6. The summed E-state index contributed by atoms with van der Waals surface area (Å²) in [6, 6.07) is 14.1. The summed E-state index contributed by atoms with van der Waals surface area (Å²) in [4.78, 5) is 11.7. The summed E-state index contributed by atoms with van der Waals surface area (Å²) in [7, 11) is 0. The lowest BCUT2D eigenvalue weighted by molar-refractivity contribution is 0.263. The molecule has 1 N–H and O–H groups in total. The van der Waals surface area contributed by atoms with Crippen LogP contribution in [0.25, 0.3) is 16.8 Å². The number of imidazole rings is 1. The van der Waals surface area contributed by atoms with E-state index in [1.54, 1.807) is 22.9 Å². The summed E-state index contributed by atoms with van der Waals surface area (Å²) in [5.41, 5.74) is 5.50. The normalized spacial score (nSPS) is 16.0. The molecule has 7 nitrogen and oxygen atoms in total. The van der Waals surface area contributed by atoms with Gasteiger partial charge in [-0.2, -0.15) is 5.26 Å². The third-order valence-corrected chi connectivity index (χ3v) is 7.36. The molecule has 0 radical (unpaired) electrons. The van der Waals surface area contributed by atoms with E-state index in [-0.39, 0.29) is 12.4 Å². The zero-order valence-electron chi connectivity index (χ0n) is 20.2. The third kappa shape index (κ3) is 3.95. The van der Waals surface area contributed by atoms with Gasteiger partial charge in [0.15, 0.2) is 11.3 Å². The Hall–Kier alpha value is -3.96. The Morgan fingerprint density at radius 3 is 2.75 bits per heavy atom. The zero-order valence-corrected chi connectivity index (χ0v) is 20.2. The van der Waals surface area contributed by atoms with Crippen LogP contribution in [0.2, 0.25) is 0 Å². The number of nitrogens with zero attached hydrogens (tertiary/aromatic N) is 5. The summed E-state index contributed by atoms with van der Waals surface area (Å²) in [5.74, 6) is 0.961. The smallest absolute Gasteiger partial charge is 0.208 e. The number of nitriles is 1. The highest BCUT2D eigenvalue weighted by Gasteiger charge is 2.21. The first-order valence-corrected chi connectivity index (χ1v) is 12.4. The lowest BCUT2D eigenvalue weighted by atomic mass is 10.0. The van der Waals surface area contributed by atoms with E-state index in [2.05, 4.69) is 57.4 Å². The SMILES string of the molecule is CC(c1ccc(-c2cnc(NCc3c(F)ccc4c3CCO4)n3cc(C#N)nc23)cc1)N1CCCC1. The molecule has 1 fully saturated rings. The van der Waals surface area contributed by atoms with Gasteiger partial charge >= 0.3 is 0 Å². The number of hydrogen-bond donors (Lipinski definition) is 1. The second-order valence-electron chi connectivity index (χ2n) is 9.42. The minimum Gasteiger partial charge on any atom is -0.493 e. The summed E-state index contributed by atoms with van der Waals surface area (Å²) >= 11 is 0. The van der Waals surface area contributed by atoms with Gasteiger partial charge in [0.25, 0.3) is 0 Å². The van der Waals surface area contributed by atoms with Crippen LogP contribution in [-0.4, -0.2) is 39.0 Å². The minimum atomic E-state index is -0.272. The number of likely N-dealkylation sites (tertiary alicyclic amines) is 1. The molecule has 2 aliphatic rings. The van der Waals surface area contributed by atoms with Crippen molar-refractivity contribution in [3.63, 3.8) is 0 Å². The Labute approximate surface area is 209 Å². The van der Waals surface area contributed by atoms with Crippen LogP contribution < -0.4 is 10.1 Å². The second kappa shape index (κ2) is 9.25. The topological polar surface area (TPSA) is 78.5 Å². The van der Waals surface area contributed by atoms with Gasteiger partial charge in [-0.1, -0.05) is 24.3 Å². The van der Waals surface area contributed by atoms with Gasteiger partial charge in [-0.05, 0) is 56.1 Å². The lowest BCUT2D eigenvalue weighted by Gasteiger charge is -2.24. The van der Waals surface area contributed by atoms with Crippen molar-refractivity contribution in [2.45, 2.75) is 38.8 Å². The van der Waals surface area contributed by atoms with Gasteiger partial charge in [-0.3, -0.25) is 9.30 Å². The first-order chi connectivity index (χ1) is 17.6. The molecular weight excluding hydrogens is 455 g/mol. The molecule has 4 aromatic rings. The van der Waals surface area contributed by atoms with Crippen LogP contribution in [0.5, 0.6) is 5.75 Å². The number of anilines is 1. The predicted octanol–water partition coefficient (Wildman–Crippen LogP) is 5.11. The summed E-state index contributed by atoms with van der Waals surface area (Å²) < 4.78 is 22.0. The molecule has 0 spiro atoms. The van der Waals surface area contributed by atoms with Gasteiger partial charge in [0.05, 0.1) is 12.8 Å². The van der Waals surface area contributed by atoms with Crippen LogP contribution in [0.15, 0.2) is 48.8 Å². The maximum Gasteiger partial charge on any atom is 0.208 e. The van der Waals surface area contributed by atoms with Gasteiger partial charge in [0.2, 0.25) is 5.95 Å². The molecule has 0 saturated carbocycles. The number of hydrogen-bond acceptors (Lipinski definition) is 6. The maximum atomic E-state index is 14.6. The number of benzene rings is 2. The number of nitrogens with one attached hydrogen (secondary N) is 1. The van der Waals surface area contributed by atoms with E-state index in [0.29, 0.717) is 41.9 Å². The summed E-state index contributed by atoms with van der Waals surface area (Å²) in [6.07, 6.45) is 6.63. The van der Waals surface area contributed by atoms with E-state index in [0.717, 1.165) is 35.5 Å². The van der Waals surface area contributed by atoms with Crippen LogP contribution in [0, 0.1) is 17.1 Å². The molecule has 6 rings (SSSR count). The van der Waals surface area contributed by atoms with E-state index in [4.69, 9.17) is 4.74 Å². The van der Waals surface area contributed by atoms with Gasteiger partial charge in [0, 0.05) is 41.9 Å². The third-order valence-electron chi connectivity index (χ3n) is 7.36. The number of fused-ring (bicyclic) bond motifs is 2. The summed E-state index contributed by atoms with van der Waals surface area (Å²) in [5, 5.41) is 12.8. The Morgan fingerprint density at radius 2 is 1.97 bits per heavy atom. The zero-order chi connectivity index (χ0) is 24.6. The Bertz CT molecular complexity index is 1470. The van der Waals surface area contributed by atoms with Gasteiger partial charge < -0.3 is 10.1 Å². The minimum absolute atomic E-state index is 0.253. The van der Waals surface area contributed by atoms with Crippen molar-refractivity contribution in [1.29, 1.82) is 5.26 Å². The molecule has 182 valence electrons. The highest BCUT2D eigenvalue weighted by Crippen LogP contribution is 2.32. The molecule has 2 aliphatic heterocycles. The number of rotatable bonds is 6. The molecular formula is C28H27FN6O. The highest BCUT2D eigenvalue weighted by molar-refractivity contribution is 5.78. The Kier molecular flexibility index (Phi) is 5.78. The van der Waals surface area contributed by atoms with Crippen molar-refractivity contribution in [1.82, 2.24) is 19.3 Å². The fourth-order valence-electron chi connectivity index (χ4n) is 5.32. The monoisotopic (exact) mass is 482 g/mol. The Morgan fingerprint density at radius 1 is 1.17 bits per heavy atom. The van der Waals surface area contributed by atoms with Crippen LogP contribution in [0.1, 0.15) is 48.2 Å². The van der Waals surface area contributed by atoms with Gasteiger partial charge in [0.1, 0.15) is 17.6 Å². The predicted molar refractivity (Wildman–Crippen MR) is 135 cm³/mol. The Balaban J connectivity index is 1.31. The van der Waals surface area contributed by atoms with Crippen molar-refractivity contribution in [3.05, 3.63) is 77.0 Å². The van der Waals surface area contributed by atoms with Gasteiger partial charge in [-0.25, -0.2) is 14.4 Å². The van der Waals surface area contributed by atoms with Crippen molar-refractivity contribution in [3.8, 4) is 22.9 Å². The fourth-order valence-corrected chi connectivity index (χ4v) is 5.32. The molecule has 2 aromatic heterocycles. The van der Waals surface area contributed by atoms with Crippen molar-refractivity contribution in [2.24, 2.45) is 0 Å². The van der Waals surface area contributed by atoms with Crippen LogP contribution in [0.4, 0.5) is 10.3 Å². The van der Waals surface area contributed by atoms with Crippen molar-refractivity contribution >= 4 is 11.6 Å². The van der Waals surface area contributed by atoms with E-state index in [1.165, 1.54) is 24.5 Å².